The Morgan fingerprint density at radius 2 is 2.04 bits per heavy atom. The summed E-state index contributed by atoms with van der Waals surface area (Å²) in [6.45, 7) is 1.51. The molecule has 0 bridgehead atoms. The van der Waals surface area contributed by atoms with Crippen LogP contribution in [0, 0.1) is 5.92 Å². The molecule has 1 atom stereocenters. The molecule has 1 saturated carbocycles. The first-order chi connectivity index (χ1) is 11.7. The van der Waals surface area contributed by atoms with Crippen LogP contribution in [0.25, 0.3) is 10.9 Å². The Bertz CT molecular complexity index is 808. The molecule has 0 spiro atoms. The van der Waals surface area contributed by atoms with E-state index < -0.39 is 0 Å². The molecule has 126 valence electrons. The lowest BCUT2D eigenvalue weighted by atomic mass is 9.88. The van der Waals surface area contributed by atoms with Crippen LogP contribution in [0.5, 0.6) is 0 Å². The zero-order valence-electron chi connectivity index (χ0n) is 13.8. The molecule has 5 heteroatoms. The van der Waals surface area contributed by atoms with E-state index >= 15 is 0 Å². The summed E-state index contributed by atoms with van der Waals surface area (Å²) in [4.78, 5) is 34.2. The van der Waals surface area contributed by atoms with E-state index in [-0.39, 0.29) is 17.4 Å². The molecule has 2 aromatic heterocycles. The normalized spacial score (nSPS) is 22.2. The molecule has 1 saturated heterocycles. The first-order valence-electron chi connectivity index (χ1n) is 8.99. The summed E-state index contributed by atoms with van der Waals surface area (Å²) in [6, 6.07) is 5.53. The number of fused-ring (bicyclic) bond motifs is 1. The zero-order valence-corrected chi connectivity index (χ0v) is 13.8. The number of hydrogen-bond donors (Lipinski definition) is 1. The molecule has 3 heterocycles. The number of likely N-dealkylation sites (tertiary alicyclic amines) is 1. The smallest absolute Gasteiger partial charge is 0.257 e. The highest BCUT2D eigenvalue weighted by Gasteiger charge is 2.32. The minimum Gasteiger partial charge on any atom is -0.342 e. The van der Waals surface area contributed by atoms with Gasteiger partial charge in [0.15, 0.2) is 0 Å². The number of hydrogen-bond acceptors (Lipinski definition) is 3. The average molecular weight is 325 g/mol. The molecule has 1 aliphatic carbocycles. The molecular weight excluding hydrogens is 302 g/mol. The van der Waals surface area contributed by atoms with Gasteiger partial charge in [0.05, 0.1) is 10.9 Å². The van der Waals surface area contributed by atoms with Gasteiger partial charge in [-0.2, -0.15) is 0 Å². The first kappa shape index (κ1) is 15.4. The molecule has 2 aromatic rings. The number of nitrogens with zero attached hydrogens (tertiary/aromatic N) is 2. The second-order valence-corrected chi connectivity index (χ2v) is 7.09. The van der Waals surface area contributed by atoms with E-state index in [4.69, 9.17) is 0 Å². The van der Waals surface area contributed by atoms with Crippen LogP contribution in [0.1, 0.15) is 50.1 Å². The van der Waals surface area contributed by atoms with Crippen LogP contribution in [0.2, 0.25) is 0 Å². The molecule has 2 fully saturated rings. The molecule has 5 nitrogen and oxygen atoms in total. The van der Waals surface area contributed by atoms with Crippen LogP contribution in [0.4, 0.5) is 0 Å². The minimum absolute atomic E-state index is 0.0901. The molecule has 0 radical (unpaired) electrons. The third kappa shape index (κ3) is 2.83. The van der Waals surface area contributed by atoms with E-state index in [1.807, 2.05) is 11.0 Å². The predicted octanol–water partition coefficient (Wildman–Crippen LogP) is 2.82. The first-order valence-corrected chi connectivity index (χ1v) is 8.99. The van der Waals surface area contributed by atoms with Crippen molar-refractivity contribution in [3.05, 3.63) is 40.4 Å². The van der Waals surface area contributed by atoms with Crippen LogP contribution in [-0.4, -0.2) is 33.9 Å². The number of carbonyl (C=O) groups excluding carboxylic acids is 1. The van der Waals surface area contributed by atoms with Gasteiger partial charge in [0.1, 0.15) is 0 Å². The summed E-state index contributed by atoms with van der Waals surface area (Å²) in [6.07, 6.45) is 8.31. The van der Waals surface area contributed by atoms with Crippen LogP contribution < -0.4 is 5.56 Å². The quantitative estimate of drug-likeness (QED) is 0.923. The fourth-order valence-corrected chi connectivity index (χ4v) is 4.15. The van der Waals surface area contributed by atoms with Gasteiger partial charge in [-0.3, -0.25) is 14.6 Å². The van der Waals surface area contributed by atoms with E-state index in [1.165, 1.54) is 19.3 Å². The van der Waals surface area contributed by atoms with Gasteiger partial charge < -0.3 is 9.88 Å². The highest BCUT2D eigenvalue weighted by molar-refractivity contribution is 5.79. The van der Waals surface area contributed by atoms with Gasteiger partial charge in [0, 0.05) is 36.8 Å². The Kier molecular flexibility index (Phi) is 4.08. The van der Waals surface area contributed by atoms with Crippen molar-refractivity contribution in [3.63, 3.8) is 0 Å². The molecule has 1 aliphatic heterocycles. The third-order valence-corrected chi connectivity index (χ3v) is 5.53. The Hall–Kier alpha value is -2.17. The minimum atomic E-state index is -0.0901. The average Bonchev–Trinajstić information content (AvgIpc) is 3.12. The standard InChI is InChI=1S/C19H23N3O2/c23-18-15-7-4-9-20-17(15)11-16(21-18)14-8-10-22(12-14)19(24)13-5-2-1-3-6-13/h4,7,9,11,13-14H,1-3,5-6,8,10,12H2,(H,21,23)/t14-/m0/s1. The summed E-state index contributed by atoms with van der Waals surface area (Å²) < 4.78 is 0. The van der Waals surface area contributed by atoms with E-state index in [9.17, 15) is 9.59 Å². The zero-order chi connectivity index (χ0) is 16.5. The Morgan fingerprint density at radius 3 is 2.88 bits per heavy atom. The van der Waals surface area contributed by atoms with Gasteiger partial charge in [-0.1, -0.05) is 19.3 Å². The van der Waals surface area contributed by atoms with Crippen molar-refractivity contribution >= 4 is 16.8 Å². The van der Waals surface area contributed by atoms with E-state index in [0.717, 1.165) is 37.0 Å². The maximum absolute atomic E-state index is 12.7. The number of aromatic nitrogens is 2. The van der Waals surface area contributed by atoms with Crippen molar-refractivity contribution < 1.29 is 4.79 Å². The van der Waals surface area contributed by atoms with E-state index in [1.54, 1.807) is 18.3 Å². The molecule has 1 N–H and O–H groups in total. The van der Waals surface area contributed by atoms with Crippen molar-refractivity contribution in [3.8, 4) is 0 Å². The van der Waals surface area contributed by atoms with Crippen molar-refractivity contribution in [1.82, 2.24) is 14.9 Å². The Morgan fingerprint density at radius 1 is 1.21 bits per heavy atom. The van der Waals surface area contributed by atoms with Crippen molar-refractivity contribution in [2.75, 3.05) is 13.1 Å². The van der Waals surface area contributed by atoms with Crippen molar-refractivity contribution in [2.45, 2.75) is 44.4 Å². The van der Waals surface area contributed by atoms with Crippen LogP contribution in [0.15, 0.2) is 29.2 Å². The van der Waals surface area contributed by atoms with E-state index in [2.05, 4.69) is 9.97 Å². The SMILES string of the molecule is O=C(C1CCCCC1)N1CC[C@H](c2cc3ncccc3c(=O)[nH]2)C1. The summed E-state index contributed by atoms with van der Waals surface area (Å²) in [7, 11) is 0. The lowest BCUT2D eigenvalue weighted by Crippen LogP contribution is -2.35. The third-order valence-electron chi connectivity index (χ3n) is 5.53. The number of rotatable bonds is 2. The largest absolute Gasteiger partial charge is 0.342 e. The van der Waals surface area contributed by atoms with Gasteiger partial charge in [-0.25, -0.2) is 0 Å². The number of carbonyl (C=O) groups is 1. The number of H-pyrrole nitrogens is 1. The highest BCUT2D eigenvalue weighted by atomic mass is 16.2. The van der Waals surface area contributed by atoms with Crippen LogP contribution >= 0.6 is 0 Å². The van der Waals surface area contributed by atoms with Gasteiger partial charge in [-0.15, -0.1) is 0 Å². The predicted molar refractivity (Wildman–Crippen MR) is 92.9 cm³/mol. The molecular formula is C19H23N3O2. The summed E-state index contributed by atoms with van der Waals surface area (Å²) >= 11 is 0. The van der Waals surface area contributed by atoms with Crippen molar-refractivity contribution in [1.29, 1.82) is 0 Å². The molecule has 2 aliphatic rings. The fraction of sp³-hybridized carbons (Fsp3) is 0.526. The number of nitrogens with one attached hydrogen (secondary N) is 1. The lowest BCUT2D eigenvalue weighted by molar-refractivity contribution is -0.135. The Balaban J connectivity index is 1.52. The summed E-state index contributed by atoms with van der Waals surface area (Å²) in [5, 5.41) is 0.620. The van der Waals surface area contributed by atoms with E-state index in [0.29, 0.717) is 17.8 Å². The monoisotopic (exact) mass is 325 g/mol. The fourth-order valence-electron chi connectivity index (χ4n) is 4.15. The van der Waals surface area contributed by atoms with Crippen LogP contribution in [-0.2, 0) is 4.79 Å². The van der Waals surface area contributed by atoms with Crippen molar-refractivity contribution in [2.24, 2.45) is 5.92 Å². The maximum Gasteiger partial charge on any atom is 0.257 e. The number of pyridine rings is 2. The lowest BCUT2D eigenvalue weighted by Gasteiger charge is -2.26. The number of aromatic amines is 1. The number of amides is 1. The van der Waals surface area contributed by atoms with Gasteiger partial charge in [0.25, 0.3) is 5.56 Å². The van der Waals surface area contributed by atoms with Gasteiger partial charge in [-0.05, 0) is 37.5 Å². The van der Waals surface area contributed by atoms with Gasteiger partial charge >= 0.3 is 0 Å². The summed E-state index contributed by atoms with van der Waals surface area (Å²) in [5.41, 5.74) is 1.55. The maximum atomic E-state index is 12.7. The molecule has 4 rings (SSSR count). The second kappa shape index (κ2) is 6.38. The molecule has 1 amide bonds. The molecule has 24 heavy (non-hydrogen) atoms. The Labute approximate surface area is 141 Å². The molecule has 0 unspecified atom stereocenters. The molecule has 0 aromatic carbocycles. The van der Waals surface area contributed by atoms with Gasteiger partial charge in [0.2, 0.25) is 5.91 Å². The van der Waals surface area contributed by atoms with Crippen LogP contribution in [0.3, 0.4) is 0 Å². The second-order valence-electron chi connectivity index (χ2n) is 7.09. The topological polar surface area (TPSA) is 66.1 Å². The highest BCUT2D eigenvalue weighted by Crippen LogP contribution is 2.31. The summed E-state index contributed by atoms with van der Waals surface area (Å²) in [5.74, 6) is 0.741.